The average molecular weight is 346 g/mol. The average Bonchev–Trinajstić information content (AvgIpc) is 2.67. The molecule has 0 aliphatic rings. The second-order valence-electron chi connectivity index (χ2n) is 6.25. The van der Waals surface area contributed by atoms with Crippen LogP contribution in [0.2, 0.25) is 0 Å². The van der Waals surface area contributed by atoms with Crippen molar-refractivity contribution >= 4 is 11.7 Å². The second-order valence-corrected chi connectivity index (χ2v) is 6.25. The molecule has 0 saturated carbocycles. The monoisotopic (exact) mass is 346 g/mol. The van der Waals surface area contributed by atoms with E-state index in [9.17, 15) is 4.79 Å². The molecule has 1 amide bonds. The number of amides is 1. The number of aromatic nitrogens is 2. The van der Waals surface area contributed by atoms with Crippen LogP contribution in [0, 0.1) is 13.8 Å². The number of carbonyl (C=O) groups is 1. The number of aryl methyl sites for hydroxylation is 2. The third-order valence-corrected chi connectivity index (χ3v) is 4.19. The van der Waals surface area contributed by atoms with Crippen molar-refractivity contribution in [2.24, 2.45) is 0 Å². The highest BCUT2D eigenvalue weighted by molar-refractivity contribution is 5.92. The van der Waals surface area contributed by atoms with E-state index in [1.54, 1.807) is 12.1 Å². The van der Waals surface area contributed by atoms with E-state index in [-0.39, 0.29) is 5.91 Å². The number of nitrogens with zero attached hydrogens (tertiary/aromatic N) is 2. The highest BCUT2D eigenvalue weighted by Gasteiger charge is 2.08. The lowest BCUT2D eigenvalue weighted by molar-refractivity contribution is 0.0945. The SMILES string of the molecule is Cc1ccc(CNc2ccc(C(=O)NCc3ccccc3C)nn2)cc1. The molecule has 0 aliphatic carbocycles. The summed E-state index contributed by atoms with van der Waals surface area (Å²) in [6.07, 6.45) is 0. The van der Waals surface area contributed by atoms with E-state index in [4.69, 9.17) is 0 Å². The van der Waals surface area contributed by atoms with Gasteiger partial charge in [-0.15, -0.1) is 10.2 Å². The van der Waals surface area contributed by atoms with E-state index in [1.807, 2.05) is 31.2 Å². The van der Waals surface area contributed by atoms with Gasteiger partial charge in [0.25, 0.3) is 5.91 Å². The molecular formula is C21H22N4O. The summed E-state index contributed by atoms with van der Waals surface area (Å²) < 4.78 is 0. The van der Waals surface area contributed by atoms with Gasteiger partial charge < -0.3 is 10.6 Å². The first-order valence-electron chi connectivity index (χ1n) is 8.57. The summed E-state index contributed by atoms with van der Waals surface area (Å²) in [6.45, 7) is 5.22. The van der Waals surface area contributed by atoms with Gasteiger partial charge >= 0.3 is 0 Å². The van der Waals surface area contributed by atoms with Crippen LogP contribution in [0.4, 0.5) is 5.82 Å². The van der Waals surface area contributed by atoms with E-state index >= 15 is 0 Å². The Labute approximate surface area is 153 Å². The first kappa shape index (κ1) is 17.6. The Hall–Kier alpha value is -3.21. The van der Waals surface area contributed by atoms with Crippen molar-refractivity contribution in [3.05, 3.63) is 88.6 Å². The minimum atomic E-state index is -0.231. The van der Waals surface area contributed by atoms with Crippen molar-refractivity contribution in [3.63, 3.8) is 0 Å². The predicted molar refractivity (Wildman–Crippen MR) is 103 cm³/mol. The van der Waals surface area contributed by atoms with Crippen molar-refractivity contribution in [3.8, 4) is 0 Å². The van der Waals surface area contributed by atoms with Crippen LogP contribution in [-0.2, 0) is 13.1 Å². The summed E-state index contributed by atoms with van der Waals surface area (Å²) in [4.78, 5) is 12.2. The van der Waals surface area contributed by atoms with Crippen molar-refractivity contribution < 1.29 is 4.79 Å². The van der Waals surface area contributed by atoms with Gasteiger partial charge in [0.15, 0.2) is 5.69 Å². The van der Waals surface area contributed by atoms with Gasteiger partial charge in [0, 0.05) is 13.1 Å². The molecule has 0 saturated heterocycles. The number of rotatable bonds is 6. The lowest BCUT2D eigenvalue weighted by atomic mass is 10.1. The number of benzene rings is 2. The van der Waals surface area contributed by atoms with Crippen LogP contribution in [-0.4, -0.2) is 16.1 Å². The number of anilines is 1. The molecule has 132 valence electrons. The van der Waals surface area contributed by atoms with Gasteiger partial charge in [-0.25, -0.2) is 0 Å². The molecule has 0 fully saturated rings. The molecule has 26 heavy (non-hydrogen) atoms. The first-order chi connectivity index (χ1) is 12.6. The summed E-state index contributed by atoms with van der Waals surface area (Å²) in [5.74, 6) is 0.409. The van der Waals surface area contributed by atoms with Crippen LogP contribution < -0.4 is 10.6 Å². The van der Waals surface area contributed by atoms with Crippen LogP contribution in [0.15, 0.2) is 60.7 Å². The number of hydrogen-bond acceptors (Lipinski definition) is 4. The van der Waals surface area contributed by atoms with Crippen molar-refractivity contribution in [1.29, 1.82) is 0 Å². The fraction of sp³-hybridized carbons (Fsp3) is 0.190. The Morgan fingerprint density at radius 3 is 2.35 bits per heavy atom. The van der Waals surface area contributed by atoms with Crippen LogP contribution in [0.1, 0.15) is 32.7 Å². The molecule has 3 aromatic rings. The highest BCUT2D eigenvalue weighted by Crippen LogP contribution is 2.09. The molecule has 0 aliphatic heterocycles. The summed E-state index contributed by atoms with van der Waals surface area (Å²) in [6, 6.07) is 19.7. The van der Waals surface area contributed by atoms with Gasteiger partial charge in [0.2, 0.25) is 0 Å². The zero-order valence-corrected chi connectivity index (χ0v) is 15.0. The van der Waals surface area contributed by atoms with E-state index in [1.165, 1.54) is 5.56 Å². The number of nitrogens with one attached hydrogen (secondary N) is 2. The minimum absolute atomic E-state index is 0.231. The van der Waals surface area contributed by atoms with E-state index < -0.39 is 0 Å². The summed E-state index contributed by atoms with van der Waals surface area (Å²) in [5, 5.41) is 14.2. The van der Waals surface area contributed by atoms with Crippen LogP contribution >= 0.6 is 0 Å². The maximum atomic E-state index is 12.2. The van der Waals surface area contributed by atoms with Crippen LogP contribution in [0.5, 0.6) is 0 Å². The summed E-state index contributed by atoms with van der Waals surface area (Å²) in [5.41, 5.74) is 4.94. The molecule has 1 aromatic heterocycles. The lowest BCUT2D eigenvalue weighted by Crippen LogP contribution is -2.24. The van der Waals surface area contributed by atoms with Gasteiger partial charge in [-0.05, 0) is 42.7 Å². The molecule has 0 spiro atoms. The van der Waals surface area contributed by atoms with E-state index in [0.29, 0.717) is 24.6 Å². The molecule has 0 unspecified atom stereocenters. The number of carbonyl (C=O) groups excluding carboxylic acids is 1. The Morgan fingerprint density at radius 2 is 1.65 bits per heavy atom. The van der Waals surface area contributed by atoms with Crippen LogP contribution in [0.3, 0.4) is 0 Å². The second kappa shape index (κ2) is 8.25. The molecule has 2 N–H and O–H groups in total. The van der Waals surface area contributed by atoms with Gasteiger partial charge in [-0.2, -0.15) is 0 Å². The molecule has 3 rings (SSSR count). The Morgan fingerprint density at radius 1 is 0.885 bits per heavy atom. The molecule has 0 bridgehead atoms. The Bertz CT molecular complexity index is 873. The van der Waals surface area contributed by atoms with Gasteiger partial charge in [0.1, 0.15) is 5.82 Å². The van der Waals surface area contributed by atoms with E-state index in [2.05, 4.69) is 52.0 Å². The third kappa shape index (κ3) is 4.66. The molecular weight excluding hydrogens is 324 g/mol. The Balaban J connectivity index is 1.54. The first-order valence-corrected chi connectivity index (χ1v) is 8.57. The van der Waals surface area contributed by atoms with Crippen molar-refractivity contribution in [2.45, 2.75) is 26.9 Å². The Kier molecular flexibility index (Phi) is 5.59. The largest absolute Gasteiger partial charge is 0.365 e. The standard InChI is InChI=1S/C21H22N4O/c1-15-7-9-17(10-8-15)13-22-20-12-11-19(24-25-20)21(26)23-14-18-6-4-3-5-16(18)2/h3-12H,13-14H2,1-2H3,(H,22,25)(H,23,26). The molecule has 2 aromatic carbocycles. The minimum Gasteiger partial charge on any atom is -0.365 e. The molecule has 0 radical (unpaired) electrons. The lowest BCUT2D eigenvalue weighted by Gasteiger charge is -2.08. The fourth-order valence-electron chi connectivity index (χ4n) is 2.52. The molecule has 5 nitrogen and oxygen atoms in total. The quantitative estimate of drug-likeness (QED) is 0.715. The zero-order valence-electron chi connectivity index (χ0n) is 15.0. The van der Waals surface area contributed by atoms with Gasteiger partial charge in [-0.3, -0.25) is 4.79 Å². The maximum Gasteiger partial charge on any atom is 0.272 e. The molecule has 0 atom stereocenters. The summed E-state index contributed by atoms with van der Waals surface area (Å²) in [7, 11) is 0. The predicted octanol–water partition coefficient (Wildman–Crippen LogP) is 3.64. The normalized spacial score (nSPS) is 10.4. The number of hydrogen-bond donors (Lipinski definition) is 2. The fourth-order valence-corrected chi connectivity index (χ4v) is 2.52. The smallest absolute Gasteiger partial charge is 0.272 e. The van der Waals surface area contributed by atoms with Crippen molar-refractivity contribution in [1.82, 2.24) is 15.5 Å². The molecule has 5 heteroatoms. The zero-order chi connectivity index (χ0) is 18.4. The van der Waals surface area contributed by atoms with Crippen LogP contribution in [0.25, 0.3) is 0 Å². The topological polar surface area (TPSA) is 66.9 Å². The summed E-state index contributed by atoms with van der Waals surface area (Å²) >= 11 is 0. The van der Waals surface area contributed by atoms with Gasteiger partial charge in [0.05, 0.1) is 0 Å². The third-order valence-electron chi connectivity index (χ3n) is 4.19. The highest BCUT2D eigenvalue weighted by atomic mass is 16.1. The van der Waals surface area contributed by atoms with Crippen molar-refractivity contribution in [2.75, 3.05) is 5.32 Å². The van der Waals surface area contributed by atoms with E-state index in [0.717, 1.165) is 16.7 Å². The van der Waals surface area contributed by atoms with Gasteiger partial charge in [-0.1, -0.05) is 54.1 Å². The molecule has 1 heterocycles. The maximum absolute atomic E-state index is 12.2.